The van der Waals surface area contributed by atoms with Crippen LogP contribution in [0.25, 0.3) is 0 Å². The predicted octanol–water partition coefficient (Wildman–Crippen LogP) is 7.22. The van der Waals surface area contributed by atoms with Crippen molar-refractivity contribution < 1.29 is 18.0 Å². The summed E-state index contributed by atoms with van der Waals surface area (Å²) >= 11 is 25.6. The second kappa shape index (κ2) is 15.1. The summed E-state index contributed by atoms with van der Waals surface area (Å²) in [6, 6.07) is 16.2. The van der Waals surface area contributed by atoms with Crippen LogP contribution < -0.4 is 9.62 Å². The largest absolute Gasteiger partial charge is 0.354 e. The van der Waals surface area contributed by atoms with E-state index in [1.165, 1.54) is 29.2 Å². The van der Waals surface area contributed by atoms with Crippen LogP contribution in [0, 0.1) is 0 Å². The number of benzene rings is 3. The lowest BCUT2D eigenvalue weighted by Gasteiger charge is -2.33. The molecule has 0 bridgehead atoms. The summed E-state index contributed by atoms with van der Waals surface area (Å²) in [5.74, 6) is -1.02. The fourth-order valence-electron chi connectivity index (χ4n) is 4.20. The Morgan fingerprint density at radius 2 is 1.46 bits per heavy atom. The summed E-state index contributed by atoms with van der Waals surface area (Å²) in [6.07, 6.45) is 1.90. The van der Waals surface area contributed by atoms with Gasteiger partial charge in [0, 0.05) is 28.7 Å². The molecule has 0 aliphatic carbocycles. The minimum absolute atomic E-state index is 0.0209. The highest BCUT2D eigenvalue weighted by atomic mass is 35.5. The zero-order valence-corrected chi connectivity index (χ0v) is 26.5. The van der Waals surface area contributed by atoms with E-state index in [1.54, 1.807) is 49.4 Å². The topological polar surface area (TPSA) is 86.8 Å². The maximum absolute atomic E-state index is 14.1. The zero-order chi connectivity index (χ0) is 30.2. The molecule has 3 aromatic carbocycles. The smallest absolute Gasteiger partial charge is 0.264 e. The Balaban J connectivity index is 2.11. The Morgan fingerprint density at radius 3 is 2.07 bits per heavy atom. The van der Waals surface area contributed by atoms with Crippen molar-refractivity contribution >= 4 is 73.9 Å². The summed E-state index contributed by atoms with van der Waals surface area (Å²) in [7, 11) is -4.29. The molecule has 1 N–H and O–H groups in total. The molecule has 0 fully saturated rings. The lowest BCUT2D eigenvalue weighted by atomic mass is 10.1. The highest BCUT2D eigenvalue weighted by Gasteiger charge is 2.35. The summed E-state index contributed by atoms with van der Waals surface area (Å²) in [6.45, 7) is 3.41. The maximum atomic E-state index is 14.1. The van der Waals surface area contributed by atoms with Gasteiger partial charge in [-0.3, -0.25) is 13.9 Å². The molecule has 0 aliphatic rings. The van der Waals surface area contributed by atoms with Crippen LogP contribution in [-0.2, 0) is 26.2 Å². The first-order valence-corrected chi connectivity index (χ1v) is 16.0. The van der Waals surface area contributed by atoms with Gasteiger partial charge in [0.1, 0.15) is 12.6 Å². The number of nitrogens with one attached hydrogen (secondary N) is 1. The van der Waals surface area contributed by atoms with Crippen LogP contribution >= 0.6 is 46.4 Å². The fraction of sp³-hybridized carbons (Fsp3) is 0.310. The van der Waals surface area contributed by atoms with Crippen LogP contribution in [0.3, 0.4) is 0 Å². The Morgan fingerprint density at radius 1 is 0.854 bits per heavy atom. The van der Waals surface area contributed by atoms with Crippen molar-refractivity contribution in [2.75, 3.05) is 17.4 Å². The molecule has 7 nitrogen and oxygen atoms in total. The van der Waals surface area contributed by atoms with Gasteiger partial charge in [-0.15, -0.1) is 0 Å². The Kier molecular flexibility index (Phi) is 12.2. The van der Waals surface area contributed by atoms with Gasteiger partial charge in [0.15, 0.2) is 0 Å². The van der Waals surface area contributed by atoms with Crippen LogP contribution in [0.4, 0.5) is 5.69 Å². The number of anilines is 1. The van der Waals surface area contributed by atoms with Crippen molar-refractivity contribution in [1.29, 1.82) is 0 Å². The molecule has 0 aromatic heterocycles. The van der Waals surface area contributed by atoms with E-state index >= 15 is 0 Å². The third-order valence-corrected chi connectivity index (χ3v) is 9.71. The highest BCUT2D eigenvalue weighted by molar-refractivity contribution is 7.92. The Bertz CT molecular complexity index is 1450. The molecule has 3 rings (SSSR count). The fourth-order valence-corrected chi connectivity index (χ4v) is 6.61. The average Bonchev–Trinajstić information content (AvgIpc) is 2.95. The van der Waals surface area contributed by atoms with Crippen molar-refractivity contribution in [3.8, 4) is 0 Å². The second-order valence-electron chi connectivity index (χ2n) is 9.19. The molecular weight excluding hydrogens is 628 g/mol. The number of rotatable bonds is 13. The summed E-state index contributed by atoms with van der Waals surface area (Å²) in [5, 5.41) is 3.57. The van der Waals surface area contributed by atoms with E-state index in [4.69, 9.17) is 46.4 Å². The third kappa shape index (κ3) is 8.08. The molecule has 0 saturated carbocycles. The molecular formula is C29H31Cl4N3O4S. The minimum atomic E-state index is -4.29. The number of nitrogens with zero attached hydrogens (tertiary/aromatic N) is 2. The van der Waals surface area contributed by atoms with Crippen molar-refractivity contribution in [3.63, 3.8) is 0 Å². The van der Waals surface area contributed by atoms with Gasteiger partial charge in [0.05, 0.1) is 20.6 Å². The first-order chi connectivity index (χ1) is 19.5. The van der Waals surface area contributed by atoms with E-state index in [0.29, 0.717) is 22.2 Å². The van der Waals surface area contributed by atoms with Gasteiger partial charge in [0.25, 0.3) is 10.0 Å². The molecule has 0 spiro atoms. The van der Waals surface area contributed by atoms with E-state index in [2.05, 4.69) is 5.32 Å². The van der Waals surface area contributed by atoms with Crippen LogP contribution in [0.2, 0.25) is 20.1 Å². The van der Waals surface area contributed by atoms with Gasteiger partial charge in [0.2, 0.25) is 11.8 Å². The Labute approximate surface area is 261 Å². The van der Waals surface area contributed by atoms with Gasteiger partial charge in [-0.2, -0.15) is 0 Å². The second-order valence-corrected chi connectivity index (χ2v) is 12.7. The zero-order valence-electron chi connectivity index (χ0n) is 22.6. The van der Waals surface area contributed by atoms with Gasteiger partial charge < -0.3 is 10.2 Å². The highest BCUT2D eigenvalue weighted by Crippen LogP contribution is 2.36. The molecule has 1 unspecified atom stereocenters. The van der Waals surface area contributed by atoms with Crippen LogP contribution in [-0.4, -0.2) is 44.3 Å². The number of hydrogen-bond acceptors (Lipinski definition) is 4. The minimum Gasteiger partial charge on any atom is -0.354 e. The van der Waals surface area contributed by atoms with Crippen molar-refractivity contribution in [2.24, 2.45) is 0 Å². The molecule has 41 heavy (non-hydrogen) atoms. The summed E-state index contributed by atoms with van der Waals surface area (Å²) in [4.78, 5) is 28.7. The molecule has 0 heterocycles. The molecule has 220 valence electrons. The first kappa shape index (κ1) is 33.0. The van der Waals surface area contributed by atoms with Gasteiger partial charge in [-0.1, -0.05) is 97.0 Å². The van der Waals surface area contributed by atoms with Crippen LogP contribution in [0.15, 0.2) is 71.6 Å². The third-order valence-electron chi connectivity index (χ3n) is 6.42. The molecule has 0 aliphatic heterocycles. The molecule has 3 aromatic rings. The Hall–Kier alpha value is -2.49. The standard InChI is InChI=1S/C29H31Cl4N3O4S/c1-3-5-17-34-29(38)25(4-2)35(18-21-22(30)13-9-14-23(21)31)27(37)19-36(26-16-10-15-24(32)28(26)33)41(39,40)20-11-7-6-8-12-20/h6-16,25H,3-5,17-19H2,1-2H3,(H,34,38). The average molecular weight is 659 g/mol. The van der Waals surface area contributed by atoms with Gasteiger partial charge in [-0.05, 0) is 49.2 Å². The van der Waals surface area contributed by atoms with E-state index < -0.39 is 28.5 Å². The van der Waals surface area contributed by atoms with E-state index in [9.17, 15) is 18.0 Å². The molecule has 1 atom stereocenters. The SMILES string of the molecule is CCCCNC(=O)C(CC)N(Cc1c(Cl)cccc1Cl)C(=O)CN(c1cccc(Cl)c1Cl)S(=O)(=O)c1ccccc1. The lowest BCUT2D eigenvalue weighted by Crippen LogP contribution is -2.52. The van der Waals surface area contributed by atoms with E-state index in [-0.39, 0.29) is 39.5 Å². The maximum Gasteiger partial charge on any atom is 0.264 e. The number of amides is 2. The normalized spacial score (nSPS) is 12.0. The van der Waals surface area contributed by atoms with Gasteiger partial charge in [-0.25, -0.2) is 8.42 Å². The van der Waals surface area contributed by atoms with E-state index in [0.717, 1.165) is 17.1 Å². The number of unbranched alkanes of at least 4 members (excludes halogenated alkanes) is 1. The molecule has 0 radical (unpaired) electrons. The predicted molar refractivity (Wildman–Crippen MR) is 166 cm³/mol. The monoisotopic (exact) mass is 657 g/mol. The molecule has 12 heteroatoms. The van der Waals surface area contributed by atoms with Crippen molar-refractivity contribution in [2.45, 2.75) is 50.6 Å². The molecule has 0 saturated heterocycles. The van der Waals surface area contributed by atoms with Crippen molar-refractivity contribution in [1.82, 2.24) is 10.2 Å². The van der Waals surface area contributed by atoms with Gasteiger partial charge >= 0.3 is 0 Å². The number of carbonyl (C=O) groups is 2. The van der Waals surface area contributed by atoms with E-state index in [1.807, 2.05) is 6.92 Å². The number of carbonyl (C=O) groups excluding carboxylic acids is 2. The lowest BCUT2D eigenvalue weighted by molar-refractivity contribution is -0.140. The number of sulfonamides is 1. The quantitative estimate of drug-likeness (QED) is 0.197. The van der Waals surface area contributed by atoms with Crippen LogP contribution in [0.5, 0.6) is 0 Å². The molecule has 2 amide bonds. The van der Waals surface area contributed by atoms with Crippen molar-refractivity contribution in [3.05, 3.63) is 92.4 Å². The summed E-state index contributed by atoms with van der Waals surface area (Å²) < 4.78 is 28.7. The summed E-state index contributed by atoms with van der Waals surface area (Å²) in [5.41, 5.74) is 0.454. The first-order valence-electron chi connectivity index (χ1n) is 13.0. The number of halogens is 4. The van der Waals surface area contributed by atoms with Crippen LogP contribution in [0.1, 0.15) is 38.7 Å². The number of hydrogen-bond donors (Lipinski definition) is 1.